The summed E-state index contributed by atoms with van der Waals surface area (Å²) in [6.45, 7) is 5.00. The van der Waals surface area contributed by atoms with Gasteiger partial charge in [0.2, 0.25) is 5.95 Å². The number of aromatic nitrogens is 2. The molecule has 0 spiro atoms. The van der Waals surface area contributed by atoms with Crippen molar-refractivity contribution in [3.8, 4) is 5.69 Å². The summed E-state index contributed by atoms with van der Waals surface area (Å²) in [7, 11) is 0. The second-order valence-electron chi connectivity index (χ2n) is 4.55. The molecule has 0 amide bonds. The number of imidazole rings is 1. The fourth-order valence-corrected chi connectivity index (χ4v) is 2.75. The first-order chi connectivity index (χ1) is 9.54. The molecule has 0 radical (unpaired) electrons. The lowest BCUT2D eigenvalue weighted by Crippen LogP contribution is -2.07. The highest BCUT2D eigenvalue weighted by Crippen LogP contribution is 2.35. The van der Waals surface area contributed by atoms with E-state index in [4.69, 9.17) is 23.2 Å². The summed E-state index contributed by atoms with van der Waals surface area (Å²) in [6, 6.07) is 3.80. The van der Waals surface area contributed by atoms with E-state index in [1.165, 1.54) is 0 Å². The highest BCUT2D eigenvalue weighted by Gasteiger charge is 2.14. The van der Waals surface area contributed by atoms with Crippen LogP contribution in [0, 0.1) is 6.92 Å². The first kappa shape index (κ1) is 15.7. The fraction of sp³-hybridized carbons (Fsp3) is 0.357. The topological polar surface area (TPSA) is 29.9 Å². The van der Waals surface area contributed by atoms with Crippen LogP contribution in [0.3, 0.4) is 0 Å². The number of halogens is 3. The molecule has 0 aliphatic heterocycles. The third-order valence-corrected chi connectivity index (χ3v) is 4.68. The van der Waals surface area contributed by atoms with Gasteiger partial charge in [0.1, 0.15) is 0 Å². The summed E-state index contributed by atoms with van der Waals surface area (Å²) in [5, 5.41) is 4.35. The third-order valence-electron chi connectivity index (χ3n) is 2.91. The van der Waals surface area contributed by atoms with E-state index >= 15 is 0 Å². The van der Waals surface area contributed by atoms with Crippen molar-refractivity contribution < 1.29 is 0 Å². The van der Waals surface area contributed by atoms with Crippen molar-refractivity contribution >= 4 is 45.1 Å². The molecule has 0 aliphatic carbocycles. The minimum Gasteiger partial charge on any atom is -0.355 e. The Morgan fingerprint density at radius 1 is 1.30 bits per heavy atom. The van der Waals surface area contributed by atoms with Crippen LogP contribution in [0.2, 0.25) is 10.0 Å². The van der Waals surface area contributed by atoms with Crippen molar-refractivity contribution in [1.29, 1.82) is 0 Å². The highest BCUT2D eigenvalue weighted by atomic mass is 79.9. The fourth-order valence-electron chi connectivity index (χ4n) is 1.88. The molecule has 2 rings (SSSR count). The first-order valence-corrected chi connectivity index (χ1v) is 8.03. The highest BCUT2D eigenvalue weighted by molar-refractivity contribution is 9.10. The summed E-state index contributed by atoms with van der Waals surface area (Å²) in [4.78, 5) is 4.49. The van der Waals surface area contributed by atoms with Gasteiger partial charge in [0.05, 0.1) is 21.4 Å². The van der Waals surface area contributed by atoms with Crippen LogP contribution in [0.1, 0.15) is 25.5 Å². The molecule has 3 nitrogen and oxygen atoms in total. The molecule has 0 saturated heterocycles. The van der Waals surface area contributed by atoms with E-state index in [0.717, 1.165) is 41.2 Å². The Hall–Kier alpha value is -0.710. The molecule has 6 heteroatoms. The van der Waals surface area contributed by atoms with Gasteiger partial charge in [-0.1, -0.05) is 36.5 Å². The number of hydrogen-bond acceptors (Lipinski definition) is 2. The Morgan fingerprint density at radius 3 is 2.75 bits per heavy atom. The molecule has 0 bridgehead atoms. The van der Waals surface area contributed by atoms with Gasteiger partial charge in [-0.05, 0) is 41.4 Å². The van der Waals surface area contributed by atoms with Crippen LogP contribution in [0.4, 0.5) is 5.95 Å². The Labute approximate surface area is 137 Å². The Morgan fingerprint density at radius 2 is 2.05 bits per heavy atom. The summed E-state index contributed by atoms with van der Waals surface area (Å²) >= 11 is 15.9. The van der Waals surface area contributed by atoms with E-state index in [1.54, 1.807) is 0 Å². The zero-order valence-corrected chi connectivity index (χ0v) is 14.5. The number of nitrogens with one attached hydrogen (secondary N) is 1. The lowest BCUT2D eigenvalue weighted by molar-refractivity contribution is 0.823. The summed E-state index contributed by atoms with van der Waals surface area (Å²) in [5.41, 5.74) is 1.75. The largest absolute Gasteiger partial charge is 0.355 e. The van der Waals surface area contributed by atoms with Gasteiger partial charge in [-0.15, -0.1) is 0 Å². The molecule has 0 aliphatic rings. The van der Waals surface area contributed by atoms with Crippen LogP contribution in [0.5, 0.6) is 0 Å². The molecule has 20 heavy (non-hydrogen) atoms. The summed E-state index contributed by atoms with van der Waals surface area (Å²) in [5.74, 6) is 0.788. The van der Waals surface area contributed by atoms with Gasteiger partial charge in [-0.2, -0.15) is 0 Å². The second kappa shape index (κ2) is 6.83. The van der Waals surface area contributed by atoms with Crippen molar-refractivity contribution in [1.82, 2.24) is 9.55 Å². The molecule has 0 fully saturated rings. The average Bonchev–Trinajstić information content (AvgIpc) is 2.78. The van der Waals surface area contributed by atoms with Crippen molar-refractivity contribution in [2.75, 3.05) is 11.9 Å². The van der Waals surface area contributed by atoms with Gasteiger partial charge < -0.3 is 5.32 Å². The zero-order valence-electron chi connectivity index (χ0n) is 11.4. The molecule has 2 aromatic rings. The Balaban J connectivity index is 2.40. The van der Waals surface area contributed by atoms with Gasteiger partial charge in [-0.25, -0.2) is 4.98 Å². The van der Waals surface area contributed by atoms with Gasteiger partial charge >= 0.3 is 0 Å². The predicted molar refractivity (Wildman–Crippen MR) is 89.4 cm³/mol. The third kappa shape index (κ3) is 3.30. The van der Waals surface area contributed by atoms with Crippen LogP contribution in [-0.2, 0) is 0 Å². The first-order valence-electron chi connectivity index (χ1n) is 6.48. The lowest BCUT2D eigenvalue weighted by Gasteiger charge is -2.12. The number of rotatable bonds is 5. The second-order valence-corrected chi connectivity index (χ2v) is 6.16. The molecule has 0 saturated carbocycles. The van der Waals surface area contributed by atoms with Crippen molar-refractivity contribution in [3.63, 3.8) is 0 Å². The standard InChI is InChI=1S/C14H16BrCl2N3/c1-3-4-7-18-14-19-9(2)8-20(14)11-6-5-10(15)12(16)13(11)17/h5-6,8H,3-4,7H2,1-2H3,(H,18,19). The van der Waals surface area contributed by atoms with E-state index in [2.05, 4.69) is 33.2 Å². The zero-order chi connectivity index (χ0) is 14.7. The molecule has 1 aromatic heterocycles. The maximum absolute atomic E-state index is 6.34. The lowest BCUT2D eigenvalue weighted by atomic mass is 10.3. The summed E-state index contributed by atoms with van der Waals surface area (Å²) < 4.78 is 2.72. The Bertz CT molecular complexity index is 611. The van der Waals surface area contributed by atoms with E-state index in [-0.39, 0.29) is 0 Å². The van der Waals surface area contributed by atoms with Gasteiger partial charge in [0, 0.05) is 17.2 Å². The number of nitrogens with zero attached hydrogens (tertiary/aromatic N) is 2. The number of anilines is 1. The number of aryl methyl sites for hydroxylation is 1. The minimum absolute atomic E-state index is 0.509. The van der Waals surface area contributed by atoms with Crippen LogP contribution >= 0.6 is 39.1 Å². The predicted octanol–water partition coefficient (Wildman–Crippen LogP) is 5.46. The molecule has 1 aromatic carbocycles. The minimum atomic E-state index is 0.509. The van der Waals surface area contributed by atoms with Gasteiger partial charge in [0.25, 0.3) is 0 Å². The maximum atomic E-state index is 6.34. The maximum Gasteiger partial charge on any atom is 0.207 e. The SMILES string of the molecule is CCCCNc1nc(C)cn1-c1ccc(Br)c(Cl)c1Cl. The molecule has 0 unspecified atom stereocenters. The van der Waals surface area contributed by atoms with Crippen LogP contribution in [0.25, 0.3) is 5.69 Å². The van der Waals surface area contributed by atoms with Gasteiger partial charge in [-0.3, -0.25) is 4.57 Å². The normalized spacial score (nSPS) is 10.8. The van der Waals surface area contributed by atoms with E-state index in [0.29, 0.717) is 10.0 Å². The smallest absolute Gasteiger partial charge is 0.207 e. The van der Waals surface area contributed by atoms with Crippen LogP contribution in [-0.4, -0.2) is 16.1 Å². The molecular formula is C14H16BrCl2N3. The number of unbranched alkanes of at least 4 members (excludes halogenated alkanes) is 1. The number of benzene rings is 1. The molecule has 1 heterocycles. The molecule has 0 atom stereocenters. The van der Waals surface area contributed by atoms with E-state index in [9.17, 15) is 0 Å². The van der Waals surface area contributed by atoms with Crippen LogP contribution in [0.15, 0.2) is 22.8 Å². The molecule has 1 N–H and O–H groups in total. The monoisotopic (exact) mass is 375 g/mol. The van der Waals surface area contributed by atoms with Gasteiger partial charge in [0.15, 0.2) is 0 Å². The average molecular weight is 377 g/mol. The van der Waals surface area contributed by atoms with Crippen LogP contribution < -0.4 is 5.32 Å². The molecular weight excluding hydrogens is 361 g/mol. The Kier molecular flexibility index (Phi) is 5.35. The van der Waals surface area contributed by atoms with E-state index < -0.39 is 0 Å². The van der Waals surface area contributed by atoms with Crippen molar-refractivity contribution in [2.24, 2.45) is 0 Å². The van der Waals surface area contributed by atoms with Crippen molar-refractivity contribution in [2.45, 2.75) is 26.7 Å². The quantitative estimate of drug-likeness (QED) is 0.554. The van der Waals surface area contributed by atoms with Crippen molar-refractivity contribution in [3.05, 3.63) is 38.5 Å². The summed E-state index contributed by atoms with van der Waals surface area (Å²) in [6.07, 6.45) is 4.18. The number of hydrogen-bond donors (Lipinski definition) is 1. The van der Waals surface area contributed by atoms with E-state index in [1.807, 2.05) is 29.8 Å². The molecule has 108 valence electrons.